The van der Waals surface area contributed by atoms with Crippen LogP contribution in [0.3, 0.4) is 0 Å². The van der Waals surface area contributed by atoms with Crippen LogP contribution in [-0.2, 0) is 0 Å². The normalized spacial score (nSPS) is 12.2. The molecule has 1 aromatic heterocycles. The molecule has 23 heavy (non-hydrogen) atoms. The lowest BCUT2D eigenvalue weighted by molar-refractivity contribution is -0.385. The number of carbonyl (C=O) groups is 1. The standard InChI is InChI=1S/C16H19N3O3S/c1-11-5-4-6-13(15(11)19(21)22)16(20)17-9-14(18(2)3)12-7-8-23-10-12/h4-8,10,14H,9H2,1-3H3,(H,17,20)/t14-/m0/s1. The number of benzene rings is 1. The second kappa shape index (κ2) is 7.34. The van der Waals surface area contributed by atoms with E-state index in [-0.39, 0.29) is 17.3 Å². The summed E-state index contributed by atoms with van der Waals surface area (Å²) in [6.45, 7) is 2.01. The first kappa shape index (κ1) is 17.1. The highest BCUT2D eigenvalue weighted by atomic mass is 32.1. The molecule has 0 aliphatic heterocycles. The Morgan fingerprint density at radius 3 is 2.70 bits per heavy atom. The van der Waals surface area contributed by atoms with Crippen molar-refractivity contribution >= 4 is 22.9 Å². The molecule has 0 radical (unpaired) electrons. The minimum atomic E-state index is -0.507. The Morgan fingerprint density at radius 2 is 2.13 bits per heavy atom. The van der Waals surface area contributed by atoms with Crippen molar-refractivity contribution in [3.05, 3.63) is 61.8 Å². The molecule has 7 heteroatoms. The monoisotopic (exact) mass is 333 g/mol. The average Bonchev–Trinajstić information content (AvgIpc) is 3.00. The Kier molecular flexibility index (Phi) is 5.46. The first-order valence-corrected chi connectivity index (χ1v) is 8.06. The van der Waals surface area contributed by atoms with Gasteiger partial charge in [-0.25, -0.2) is 0 Å². The number of carbonyl (C=O) groups excluding carboxylic acids is 1. The number of rotatable bonds is 6. The van der Waals surface area contributed by atoms with E-state index in [1.165, 1.54) is 6.07 Å². The molecule has 1 amide bonds. The third-order valence-corrected chi connectivity index (χ3v) is 4.37. The molecular weight excluding hydrogens is 314 g/mol. The fourth-order valence-electron chi connectivity index (χ4n) is 2.43. The Labute approximate surface area is 138 Å². The summed E-state index contributed by atoms with van der Waals surface area (Å²) < 4.78 is 0. The van der Waals surface area contributed by atoms with Gasteiger partial charge in [-0.15, -0.1) is 0 Å². The molecule has 0 unspecified atom stereocenters. The van der Waals surface area contributed by atoms with E-state index in [0.717, 1.165) is 5.56 Å². The molecule has 0 spiro atoms. The maximum Gasteiger partial charge on any atom is 0.285 e. The third kappa shape index (κ3) is 3.94. The number of para-hydroxylation sites is 1. The highest BCUT2D eigenvalue weighted by molar-refractivity contribution is 7.07. The van der Waals surface area contributed by atoms with Gasteiger partial charge in [0.1, 0.15) is 5.56 Å². The van der Waals surface area contributed by atoms with Crippen LogP contribution in [0.25, 0.3) is 0 Å². The molecule has 0 aliphatic rings. The number of hydrogen-bond donors (Lipinski definition) is 1. The molecule has 1 heterocycles. The summed E-state index contributed by atoms with van der Waals surface area (Å²) in [5.41, 5.74) is 1.54. The maximum atomic E-state index is 12.4. The van der Waals surface area contributed by atoms with Crippen molar-refractivity contribution in [3.8, 4) is 0 Å². The Balaban J connectivity index is 2.17. The second-order valence-electron chi connectivity index (χ2n) is 5.47. The minimum Gasteiger partial charge on any atom is -0.350 e. The van der Waals surface area contributed by atoms with Crippen LogP contribution < -0.4 is 5.32 Å². The highest BCUT2D eigenvalue weighted by Gasteiger charge is 2.23. The number of nitro benzene ring substituents is 1. The van der Waals surface area contributed by atoms with Crippen molar-refractivity contribution in [2.45, 2.75) is 13.0 Å². The molecule has 0 bridgehead atoms. The number of nitrogens with one attached hydrogen (secondary N) is 1. The van der Waals surface area contributed by atoms with Gasteiger partial charge in [0, 0.05) is 12.1 Å². The second-order valence-corrected chi connectivity index (χ2v) is 6.25. The lowest BCUT2D eigenvalue weighted by Gasteiger charge is -2.24. The molecule has 2 rings (SSSR count). The van der Waals surface area contributed by atoms with Crippen LogP contribution in [0.1, 0.15) is 27.5 Å². The lowest BCUT2D eigenvalue weighted by atomic mass is 10.1. The van der Waals surface area contributed by atoms with Crippen molar-refractivity contribution in [3.63, 3.8) is 0 Å². The number of hydrogen-bond acceptors (Lipinski definition) is 5. The molecule has 122 valence electrons. The number of aryl methyl sites for hydroxylation is 1. The van der Waals surface area contributed by atoms with Gasteiger partial charge in [0.15, 0.2) is 0 Å². The van der Waals surface area contributed by atoms with Crippen LogP contribution in [0.2, 0.25) is 0 Å². The number of amides is 1. The number of nitro groups is 1. The van der Waals surface area contributed by atoms with Gasteiger partial charge in [0.2, 0.25) is 0 Å². The number of likely N-dealkylation sites (N-methyl/N-ethyl adjacent to an activating group) is 1. The molecule has 0 fully saturated rings. The predicted octanol–water partition coefficient (Wildman–Crippen LogP) is 3.00. The van der Waals surface area contributed by atoms with Crippen molar-refractivity contribution in [1.82, 2.24) is 10.2 Å². The van der Waals surface area contributed by atoms with E-state index >= 15 is 0 Å². The zero-order chi connectivity index (χ0) is 17.0. The molecule has 6 nitrogen and oxygen atoms in total. The lowest BCUT2D eigenvalue weighted by Crippen LogP contribution is -2.34. The van der Waals surface area contributed by atoms with Crippen molar-refractivity contribution in [2.24, 2.45) is 0 Å². The molecule has 0 aliphatic carbocycles. The largest absolute Gasteiger partial charge is 0.350 e. The average molecular weight is 333 g/mol. The van der Waals surface area contributed by atoms with Crippen LogP contribution in [-0.4, -0.2) is 36.4 Å². The van der Waals surface area contributed by atoms with E-state index in [1.54, 1.807) is 30.4 Å². The Morgan fingerprint density at radius 1 is 1.39 bits per heavy atom. The van der Waals surface area contributed by atoms with Gasteiger partial charge in [-0.1, -0.05) is 12.1 Å². The molecule has 1 atom stereocenters. The van der Waals surface area contributed by atoms with Crippen LogP contribution in [0.5, 0.6) is 0 Å². The third-order valence-electron chi connectivity index (χ3n) is 3.67. The zero-order valence-electron chi connectivity index (χ0n) is 13.3. The summed E-state index contributed by atoms with van der Waals surface area (Å²) >= 11 is 1.60. The van der Waals surface area contributed by atoms with Crippen molar-refractivity contribution < 1.29 is 9.72 Å². The summed E-state index contributed by atoms with van der Waals surface area (Å²) in [5, 5.41) is 18.0. The summed E-state index contributed by atoms with van der Waals surface area (Å²) in [6.07, 6.45) is 0. The van der Waals surface area contributed by atoms with E-state index in [0.29, 0.717) is 12.1 Å². The van der Waals surface area contributed by atoms with Crippen LogP contribution in [0, 0.1) is 17.0 Å². The summed E-state index contributed by atoms with van der Waals surface area (Å²) in [4.78, 5) is 25.1. The van der Waals surface area contributed by atoms with E-state index in [2.05, 4.69) is 5.32 Å². The van der Waals surface area contributed by atoms with Gasteiger partial charge in [-0.3, -0.25) is 14.9 Å². The van der Waals surface area contributed by atoms with Crippen molar-refractivity contribution in [2.75, 3.05) is 20.6 Å². The first-order chi connectivity index (χ1) is 10.9. The summed E-state index contributed by atoms with van der Waals surface area (Å²) in [7, 11) is 3.87. The van der Waals surface area contributed by atoms with Gasteiger partial charge in [0.25, 0.3) is 11.6 Å². The summed E-state index contributed by atoms with van der Waals surface area (Å²) in [5.74, 6) is -0.428. The van der Waals surface area contributed by atoms with Gasteiger partial charge >= 0.3 is 0 Å². The van der Waals surface area contributed by atoms with E-state index < -0.39 is 10.8 Å². The van der Waals surface area contributed by atoms with Crippen LogP contribution in [0.4, 0.5) is 5.69 Å². The maximum absolute atomic E-state index is 12.4. The first-order valence-electron chi connectivity index (χ1n) is 7.12. The predicted molar refractivity (Wildman–Crippen MR) is 90.9 cm³/mol. The number of nitrogens with zero attached hydrogens (tertiary/aromatic N) is 2. The van der Waals surface area contributed by atoms with Crippen LogP contribution >= 0.6 is 11.3 Å². The Hall–Kier alpha value is -2.25. The van der Waals surface area contributed by atoms with Gasteiger partial charge in [-0.05, 0) is 49.5 Å². The fourth-order valence-corrected chi connectivity index (χ4v) is 3.14. The summed E-state index contributed by atoms with van der Waals surface area (Å²) in [6, 6.07) is 6.79. The van der Waals surface area contributed by atoms with E-state index in [4.69, 9.17) is 0 Å². The molecule has 2 aromatic rings. The fraction of sp³-hybridized carbons (Fsp3) is 0.312. The van der Waals surface area contributed by atoms with Gasteiger partial charge < -0.3 is 10.2 Å². The SMILES string of the molecule is Cc1cccc(C(=O)NC[C@@H](c2ccsc2)N(C)C)c1[N+](=O)[O-]. The van der Waals surface area contributed by atoms with Gasteiger partial charge in [-0.2, -0.15) is 11.3 Å². The molecule has 1 aromatic carbocycles. The minimum absolute atomic E-state index is 0.0223. The van der Waals surface area contributed by atoms with E-state index in [1.807, 2.05) is 35.8 Å². The van der Waals surface area contributed by atoms with E-state index in [9.17, 15) is 14.9 Å². The van der Waals surface area contributed by atoms with Gasteiger partial charge in [0.05, 0.1) is 11.0 Å². The van der Waals surface area contributed by atoms with Crippen LogP contribution in [0.15, 0.2) is 35.0 Å². The topological polar surface area (TPSA) is 75.5 Å². The zero-order valence-corrected chi connectivity index (χ0v) is 14.1. The number of thiophene rings is 1. The molecule has 1 N–H and O–H groups in total. The Bertz CT molecular complexity index is 699. The van der Waals surface area contributed by atoms with Crippen molar-refractivity contribution in [1.29, 1.82) is 0 Å². The highest BCUT2D eigenvalue weighted by Crippen LogP contribution is 2.24. The smallest absolute Gasteiger partial charge is 0.285 e. The quantitative estimate of drug-likeness (QED) is 0.651. The molecule has 0 saturated carbocycles. The molecular formula is C16H19N3O3S. The molecule has 0 saturated heterocycles.